The van der Waals surface area contributed by atoms with Crippen LogP contribution in [0.3, 0.4) is 0 Å². The van der Waals surface area contributed by atoms with Crippen molar-refractivity contribution in [3.63, 3.8) is 0 Å². The van der Waals surface area contributed by atoms with Crippen LogP contribution in [0.4, 0.5) is 15.9 Å². The molecule has 0 aliphatic rings. The van der Waals surface area contributed by atoms with Gasteiger partial charge in [0.2, 0.25) is 0 Å². The number of rotatable bonds is 6. The Balaban J connectivity index is 1.92. The standard InChI is InChI=1S/C19H15FN2O4S/c20-15-8-4-13(5-9-15)14-6-10-17(11-7-14)22(27(25)26)18-3-1-2-16(21-18)12-19(23)24/h1-11H,12H2,(H,23,24)(H,25,26)/p-1. The van der Waals surface area contributed by atoms with Gasteiger partial charge in [-0.3, -0.25) is 13.3 Å². The molecule has 1 aromatic heterocycles. The molecule has 27 heavy (non-hydrogen) atoms. The Kier molecular flexibility index (Phi) is 5.58. The molecule has 0 amide bonds. The predicted molar refractivity (Wildman–Crippen MR) is 98.5 cm³/mol. The zero-order valence-corrected chi connectivity index (χ0v) is 14.7. The molecule has 8 heteroatoms. The number of pyridine rings is 1. The number of hydrogen-bond donors (Lipinski definition) is 1. The molecular formula is C19H14FN2O4S-. The quantitative estimate of drug-likeness (QED) is 0.656. The van der Waals surface area contributed by atoms with Gasteiger partial charge in [0.25, 0.3) is 0 Å². The second kappa shape index (κ2) is 8.07. The number of aliphatic carboxylic acids is 1. The van der Waals surface area contributed by atoms with E-state index in [1.54, 1.807) is 42.5 Å². The minimum atomic E-state index is -2.66. The van der Waals surface area contributed by atoms with Crippen molar-refractivity contribution >= 4 is 28.7 Å². The number of halogens is 1. The van der Waals surface area contributed by atoms with E-state index in [9.17, 15) is 17.9 Å². The van der Waals surface area contributed by atoms with E-state index in [2.05, 4.69) is 4.98 Å². The van der Waals surface area contributed by atoms with Gasteiger partial charge in [0, 0.05) is 0 Å². The van der Waals surface area contributed by atoms with E-state index < -0.39 is 17.2 Å². The second-order valence-corrected chi connectivity index (χ2v) is 6.42. The molecule has 0 saturated carbocycles. The molecule has 1 atom stereocenters. The van der Waals surface area contributed by atoms with Crippen LogP contribution >= 0.6 is 0 Å². The summed E-state index contributed by atoms with van der Waals surface area (Å²) in [7, 11) is 0. The largest absolute Gasteiger partial charge is 0.755 e. The zero-order chi connectivity index (χ0) is 19.4. The average molecular weight is 385 g/mol. The van der Waals surface area contributed by atoms with Gasteiger partial charge in [-0.15, -0.1) is 0 Å². The van der Waals surface area contributed by atoms with Crippen molar-refractivity contribution in [2.45, 2.75) is 6.42 Å². The normalized spacial score (nSPS) is 11.8. The van der Waals surface area contributed by atoms with Crippen molar-refractivity contribution in [1.82, 2.24) is 4.98 Å². The Morgan fingerprint density at radius 3 is 2.19 bits per heavy atom. The lowest BCUT2D eigenvalue weighted by Crippen LogP contribution is -2.21. The van der Waals surface area contributed by atoms with Crippen molar-refractivity contribution in [1.29, 1.82) is 0 Å². The Labute approximate surface area is 157 Å². The SMILES string of the molecule is O=C(O)Cc1cccc(N(c2ccc(-c3ccc(F)cc3)cc2)S(=O)[O-])n1. The number of aromatic nitrogens is 1. The van der Waals surface area contributed by atoms with E-state index in [1.807, 2.05) is 0 Å². The smallest absolute Gasteiger partial charge is 0.309 e. The maximum absolute atomic E-state index is 13.0. The van der Waals surface area contributed by atoms with E-state index in [1.165, 1.54) is 24.3 Å². The summed E-state index contributed by atoms with van der Waals surface area (Å²) < 4.78 is 37.5. The van der Waals surface area contributed by atoms with Crippen molar-refractivity contribution < 1.29 is 23.1 Å². The van der Waals surface area contributed by atoms with Crippen LogP contribution in [-0.2, 0) is 22.5 Å². The molecule has 0 fully saturated rings. The molecule has 0 radical (unpaired) electrons. The maximum atomic E-state index is 13.0. The van der Waals surface area contributed by atoms with E-state index in [0.717, 1.165) is 15.4 Å². The van der Waals surface area contributed by atoms with Crippen molar-refractivity contribution in [3.05, 3.63) is 78.2 Å². The van der Waals surface area contributed by atoms with Crippen LogP contribution in [0.2, 0.25) is 0 Å². The van der Waals surface area contributed by atoms with E-state index in [4.69, 9.17) is 5.11 Å². The molecule has 138 valence electrons. The summed E-state index contributed by atoms with van der Waals surface area (Å²) in [4.78, 5) is 15.0. The Hall–Kier alpha value is -3.10. The second-order valence-electron chi connectivity index (χ2n) is 5.62. The van der Waals surface area contributed by atoms with Crippen LogP contribution in [0, 0.1) is 5.82 Å². The summed E-state index contributed by atoms with van der Waals surface area (Å²) in [5, 5.41) is 8.88. The van der Waals surface area contributed by atoms with Gasteiger partial charge in [0.15, 0.2) is 0 Å². The van der Waals surface area contributed by atoms with Gasteiger partial charge in [0.1, 0.15) is 11.6 Å². The lowest BCUT2D eigenvalue weighted by atomic mass is 10.1. The lowest BCUT2D eigenvalue weighted by Gasteiger charge is -2.25. The van der Waals surface area contributed by atoms with Gasteiger partial charge in [0.05, 0.1) is 29.1 Å². The molecule has 3 rings (SSSR count). The molecule has 2 aromatic carbocycles. The topological polar surface area (TPSA) is 93.6 Å². The highest BCUT2D eigenvalue weighted by atomic mass is 32.2. The van der Waals surface area contributed by atoms with E-state index >= 15 is 0 Å². The van der Waals surface area contributed by atoms with Gasteiger partial charge in [-0.05, 0) is 47.5 Å². The molecule has 0 aliphatic heterocycles. The summed E-state index contributed by atoms with van der Waals surface area (Å²) in [6.07, 6.45) is -0.309. The minimum absolute atomic E-state index is 0.0941. The minimum Gasteiger partial charge on any atom is -0.755 e. The molecular weight excluding hydrogens is 371 g/mol. The fourth-order valence-electron chi connectivity index (χ4n) is 2.56. The zero-order valence-electron chi connectivity index (χ0n) is 13.9. The van der Waals surface area contributed by atoms with Gasteiger partial charge in [-0.2, -0.15) is 0 Å². The molecule has 1 unspecified atom stereocenters. The molecule has 1 N–H and O–H groups in total. The summed E-state index contributed by atoms with van der Waals surface area (Å²) in [6.45, 7) is 0. The van der Waals surface area contributed by atoms with Crippen LogP contribution < -0.4 is 4.31 Å². The molecule has 3 aromatic rings. The van der Waals surface area contributed by atoms with E-state index in [0.29, 0.717) is 5.69 Å². The van der Waals surface area contributed by atoms with Gasteiger partial charge >= 0.3 is 5.97 Å². The summed E-state index contributed by atoms with van der Waals surface area (Å²) in [5.74, 6) is -1.30. The van der Waals surface area contributed by atoms with Gasteiger partial charge in [-0.1, -0.05) is 30.3 Å². The highest BCUT2D eigenvalue weighted by molar-refractivity contribution is 7.81. The third-order valence-corrected chi connectivity index (χ3v) is 4.46. The van der Waals surface area contributed by atoms with E-state index in [-0.39, 0.29) is 23.7 Å². The van der Waals surface area contributed by atoms with Crippen LogP contribution in [0.15, 0.2) is 66.7 Å². The fourth-order valence-corrected chi connectivity index (χ4v) is 3.11. The first-order chi connectivity index (χ1) is 12.9. The maximum Gasteiger partial charge on any atom is 0.309 e. The monoisotopic (exact) mass is 385 g/mol. The van der Waals surface area contributed by atoms with Crippen LogP contribution in [-0.4, -0.2) is 24.8 Å². The highest BCUT2D eigenvalue weighted by Crippen LogP contribution is 2.28. The Bertz CT molecular complexity index is 978. The first-order valence-electron chi connectivity index (χ1n) is 7.87. The first kappa shape index (κ1) is 18.7. The third kappa shape index (κ3) is 4.55. The summed E-state index contributed by atoms with van der Waals surface area (Å²) >= 11 is -2.66. The summed E-state index contributed by atoms with van der Waals surface area (Å²) in [6, 6.07) is 17.1. The molecule has 0 bridgehead atoms. The van der Waals surface area contributed by atoms with Gasteiger partial charge < -0.3 is 9.66 Å². The molecule has 6 nitrogen and oxygen atoms in total. The number of carbonyl (C=O) groups is 1. The fraction of sp³-hybridized carbons (Fsp3) is 0.0526. The molecule has 0 spiro atoms. The van der Waals surface area contributed by atoms with Gasteiger partial charge in [-0.25, -0.2) is 9.37 Å². The first-order valence-corrected chi connectivity index (χ1v) is 8.90. The lowest BCUT2D eigenvalue weighted by molar-refractivity contribution is -0.136. The number of benzene rings is 2. The van der Waals surface area contributed by atoms with Crippen molar-refractivity contribution in [2.24, 2.45) is 0 Å². The molecule has 0 saturated heterocycles. The number of nitrogens with zero attached hydrogens (tertiary/aromatic N) is 2. The van der Waals surface area contributed by atoms with Crippen LogP contribution in [0.1, 0.15) is 5.69 Å². The predicted octanol–water partition coefficient (Wildman–Crippen LogP) is 3.45. The van der Waals surface area contributed by atoms with Crippen molar-refractivity contribution in [3.8, 4) is 11.1 Å². The Morgan fingerprint density at radius 2 is 1.63 bits per heavy atom. The van der Waals surface area contributed by atoms with Crippen molar-refractivity contribution in [2.75, 3.05) is 4.31 Å². The number of carboxylic acids is 1. The van der Waals surface area contributed by atoms with Crippen LogP contribution in [0.25, 0.3) is 11.1 Å². The number of anilines is 2. The molecule has 1 heterocycles. The number of hydrogen-bond acceptors (Lipinski definition) is 4. The summed E-state index contributed by atoms with van der Waals surface area (Å²) in [5.41, 5.74) is 2.18. The highest BCUT2D eigenvalue weighted by Gasteiger charge is 2.13. The average Bonchev–Trinajstić information content (AvgIpc) is 2.63. The molecule has 0 aliphatic carbocycles. The Morgan fingerprint density at radius 1 is 1.04 bits per heavy atom. The van der Waals surface area contributed by atoms with Crippen LogP contribution in [0.5, 0.6) is 0 Å². The number of carboxylic acid groups (broad SMARTS) is 1. The third-order valence-electron chi connectivity index (χ3n) is 3.76.